The summed E-state index contributed by atoms with van der Waals surface area (Å²) in [6.45, 7) is 2.34. The van der Waals surface area contributed by atoms with Crippen LogP contribution in [0.1, 0.15) is 21.6 Å². The number of aryl methyl sites for hydroxylation is 1. The summed E-state index contributed by atoms with van der Waals surface area (Å²) in [7, 11) is 1.86. The van der Waals surface area contributed by atoms with Crippen molar-refractivity contribution < 1.29 is 9.90 Å². The van der Waals surface area contributed by atoms with Crippen molar-refractivity contribution in [3.8, 4) is 0 Å². The lowest BCUT2D eigenvalue weighted by molar-refractivity contribution is 0.0696. The van der Waals surface area contributed by atoms with Crippen LogP contribution in [0.4, 0.5) is 5.82 Å². The number of hydrogen-bond acceptors (Lipinski definition) is 3. The fourth-order valence-corrected chi connectivity index (χ4v) is 2.13. The Labute approximate surface area is 122 Å². The van der Waals surface area contributed by atoms with Crippen molar-refractivity contribution >= 4 is 23.4 Å². The predicted molar refractivity (Wildman–Crippen MR) is 79.5 cm³/mol. The lowest BCUT2D eigenvalue weighted by Crippen LogP contribution is -2.19. The first kappa shape index (κ1) is 14.3. The predicted octanol–water partition coefficient (Wildman–Crippen LogP) is 3.38. The van der Waals surface area contributed by atoms with Crippen molar-refractivity contribution in [1.82, 2.24) is 4.98 Å². The molecule has 2 rings (SSSR count). The molecule has 0 amide bonds. The van der Waals surface area contributed by atoms with Crippen molar-refractivity contribution in [2.75, 3.05) is 11.9 Å². The van der Waals surface area contributed by atoms with Crippen molar-refractivity contribution in [2.45, 2.75) is 13.5 Å². The molecule has 0 aliphatic heterocycles. The van der Waals surface area contributed by atoms with Crippen molar-refractivity contribution in [3.05, 3.63) is 58.2 Å². The molecule has 0 atom stereocenters. The maximum absolute atomic E-state index is 11.1. The van der Waals surface area contributed by atoms with Gasteiger partial charge >= 0.3 is 5.97 Å². The molecule has 0 radical (unpaired) electrons. The van der Waals surface area contributed by atoms with Crippen LogP contribution in [0.15, 0.2) is 36.4 Å². The van der Waals surface area contributed by atoms with Crippen LogP contribution < -0.4 is 4.90 Å². The van der Waals surface area contributed by atoms with Crippen LogP contribution in [0.5, 0.6) is 0 Å². The zero-order valence-corrected chi connectivity index (χ0v) is 12.1. The van der Waals surface area contributed by atoms with Crippen LogP contribution in [0.2, 0.25) is 5.02 Å². The zero-order valence-electron chi connectivity index (χ0n) is 11.3. The minimum absolute atomic E-state index is 0.235. The van der Waals surface area contributed by atoms with Gasteiger partial charge in [-0.3, -0.25) is 0 Å². The van der Waals surface area contributed by atoms with Crippen molar-refractivity contribution in [2.24, 2.45) is 0 Å². The third kappa shape index (κ3) is 3.27. The van der Waals surface area contributed by atoms with Crippen LogP contribution in [-0.2, 0) is 6.54 Å². The molecule has 0 spiro atoms. The maximum Gasteiger partial charge on any atom is 0.335 e. The third-order valence-electron chi connectivity index (χ3n) is 2.94. The van der Waals surface area contributed by atoms with Gasteiger partial charge in [0.1, 0.15) is 5.82 Å². The smallest absolute Gasteiger partial charge is 0.335 e. The molecule has 0 bridgehead atoms. The highest BCUT2D eigenvalue weighted by molar-refractivity contribution is 6.31. The topological polar surface area (TPSA) is 53.4 Å². The van der Waals surface area contributed by atoms with E-state index in [0.29, 0.717) is 23.1 Å². The maximum atomic E-state index is 11.1. The zero-order chi connectivity index (χ0) is 14.7. The number of nitrogens with zero attached hydrogens (tertiary/aromatic N) is 2. The molecule has 0 aliphatic carbocycles. The summed E-state index contributed by atoms with van der Waals surface area (Å²) in [6.07, 6.45) is 0. The summed E-state index contributed by atoms with van der Waals surface area (Å²) in [5.74, 6) is -0.342. The Bertz CT molecular complexity index is 644. The van der Waals surface area contributed by atoms with Gasteiger partial charge in [-0.05, 0) is 30.7 Å². The minimum atomic E-state index is -0.956. The molecule has 4 nitrogen and oxygen atoms in total. The molecular formula is C15H15ClN2O2. The fourth-order valence-electron chi connectivity index (χ4n) is 1.93. The van der Waals surface area contributed by atoms with E-state index in [1.54, 1.807) is 19.1 Å². The average molecular weight is 291 g/mol. The molecule has 1 aromatic heterocycles. The van der Waals surface area contributed by atoms with Crippen LogP contribution in [0, 0.1) is 6.92 Å². The van der Waals surface area contributed by atoms with Gasteiger partial charge in [-0.25, -0.2) is 9.78 Å². The lowest BCUT2D eigenvalue weighted by atomic mass is 10.2. The molecule has 0 aliphatic rings. The summed E-state index contributed by atoms with van der Waals surface area (Å²) in [6, 6.07) is 10.7. The quantitative estimate of drug-likeness (QED) is 0.938. The second-order valence-corrected chi connectivity index (χ2v) is 5.02. The number of benzene rings is 1. The number of carboxylic acid groups (broad SMARTS) is 1. The van der Waals surface area contributed by atoms with Gasteiger partial charge in [0.05, 0.1) is 5.56 Å². The van der Waals surface area contributed by atoms with Gasteiger partial charge in [-0.2, -0.15) is 0 Å². The van der Waals surface area contributed by atoms with E-state index in [0.717, 1.165) is 5.56 Å². The summed E-state index contributed by atoms with van der Waals surface area (Å²) >= 11 is 6.13. The normalized spacial score (nSPS) is 10.3. The highest BCUT2D eigenvalue weighted by Crippen LogP contribution is 2.20. The molecule has 5 heteroatoms. The lowest BCUT2D eigenvalue weighted by Gasteiger charge is -2.19. The van der Waals surface area contributed by atoms with Gasteiger partial charge in [0.2, 0.25) is 0 Å². The van der Waals surface area contributed by atoms with Gasteiger partial charge in [0.25, 0.3) is 0 Å². The average Bonchev–Trinajstić information content (AvgIpc) is 2.40. The standard InChI is InChI=1S/C15H15ClN2O2/c1-10-7-12(15(19)20)8-14(17-10)18(2)9-11-5-3-4-6-13(11)16/h3-8H,9H2,1-2H3,(H,19,20). The molecule has 0 fully saturated rings. The number of rotatable bonds is 4. The monoisotopic (exact) mass is 290 g/mol. The molecule has 1 N–H and O–H groups in total. The molecule has 1 heterocycles. The Morgan fingerprint density at radius 3 is 2.70 bits per heavy atom. The van der Waals surface area contributed by atoms with Crippen molar-refractivity contribution in [1.29, 1.82) is 0 Å². The number of pyridine rings is 1. The van der Waals surface area contributed by atoms with Gasteiger partial charge in [0, 0.05) is 24.3 Å². The minimum Gasteiger partial charge on any atom is -0.478 e. The Balaban J connectivity index is 2.27. The Morgan fingerprint density at radius 2 is 2.05 bits per heavy atom. The van der Waals surface area contributed by atoms with E-state index in [2.05, 4.69) is 4.98 Å². The SMILES string of the molecule is Cc1cc(C(=O)O)cc(N(C)Cc2ccccc2Cl)n1. The van der Waals surface area contributed by atoms with E-state index in [4.69, 9.17) is 16.7 Å². The second kappa shape index (κ2) is 5.92. The van der Waals surface area contributed by atoms with Gasteiger partial charge in [0.15, 0.2) is 0 Å². The molecule has 104 valence electrons. The number of aromatic nitrogens is 1. The van der Waals surface area contributed by atoms with E-state index in [-0.39, 0.29) is 5.56 Å². The van der Waals surface area contributed by atoms with Crippen LogP contribution in [0.25, 0.3) is 0 Å². The van der Waals surface area contributed by atoms with Gasteiger partial charge < -0.3 is 10.0 Å². The molecule has 20 heavy (non-hydrogen) atoms. The molecule has 0 unspecified atom stereocenters. The molecular weight excluding hydrogens is 276 g/mol. The van der Waals surface area contributed by atoms with E-state index in [1.165, 1.54) is 0 Å². The van der Waals surface area contributed by atoms with E-state index < -0.39 is 5.97 Å². The number of carboxylic acids is 1. The number of hydrogen-bond donors (Lipinski definition) is 1. The number of halogens is 1. The van der Waals surface area contributed by atoms with Crippen molar-refractivity contribution in [3.63, 3.8) is 0 Å². The number of carbonyl (C=O) groups is 1. The van der Waals surface area contributed by atoms with Crippen LogP contribution >= 0.6 is 11.6 Å². The first-order valence-electron chi connectivity index (χ1n) is 6.14. The summed E-state index contributed by atoms with van der Waals surface area (Å²) < 4.78 is 0. The third-order valence-corrected chi connectivity index (χ3v) is 3.31. The molecule has 0 saturated carbocycles. The van der Waals surface area contributed by atoms with Gasteiger partial charge in [-0.1, -0.05) is 29.8 Å². The van der Waals surface area contributed by atoms with E-state index in [1.807, 2.05) is 36.2 Å². The van der Waals surface area contributed by atoms with Crippen LogP contribution in [-0.4, -0.2) is 23.1 Å². The fraction of sp³-hybridized carbons (Fsp3) is 0.200. The highest BCUT2D eigenvalue weighted by Gasteiger charge is 2.11. The summed E-state index contributed by atoms with van der Waals surface area (Å²) in [5.41, 5.74) is 1.88. The Morgan fingerprint density at radius 1 is 1.35 bits per heavy atom. The first-order valence-corrected chi connectivity index (χ1v) is 6.51. The largest absolute Gasteiger partial charge is 0.478 e. The molecule has 2 aromatic rings. The first-order chi connectivity index (χ1) is 9.47. The van der Waals surface area contributed by atoms with Gasteiger partial charge in [-0.15, -0.1) is 0 Å². The Hall–Kier alpha value is -2.07. The Kier molecular flexibility index (Phi) is 4.25. The van der Waals surface area contributed by atoms with E-state index >= 15 is 0 Å². The van der Waals surface area contributed by atoms with E-state index in [9.17, 15) is 4.79 Å². The number of anilines is 1. The summed E-state index contributed by atoms with van der Waals surface area (Å²) in [5, 5.41) is 9.77. The molecule has 0 saturated heterocycles. The second-order valence-electron chi connectivity index (χ2n) is 4.61. The summed E-state index contributed by atoms with van der Waals surface area (Å²) in [4.78, 5) is 17.3. The number of aromatic carboxylic acids is 1. The highest BCUT2D eigenvalue weighted by atomic mass is 35.5. The molecule has 1 aromatic carbocycles. The van der Waals surface area contributed by atoms with Crippen LogP contribution in [0.3, 0.4) is 0 Å².